The van der Waals surface area contributed by atoms with Crippen LogP contribution in [0.4, 0.5) is 4.79 Å². The van der Waals surface area contributed by atoms with Crippen molar-refractivity contribution in [3.63, 3.8) is 0 Å². The molecule has 0 aliphatic carbocycles. The van der Waals surface area contributed by atoms with Gasteiger partial charge in [-0.25, -0.2) is 9.36 Å². The zero-order valence-electron chi connectivity index (χ0n) is 7.44. The maximum absolute atomic E-state index is 9.00. The molecule has 14 heavy (non-hydrogen) atoms. The predicted molar refractivity (Wildman–Crippen MR) is 46.8 cm³/mol. The van der Waals surface area contributed by atoms with E-state index < -0.39 is 20.0 Å². The van der Waals surface area contributed by atoms with E-state index in [1.165, 1.54) is 6.92 Å². The van der Waals surface area contributed by atoms with Crippen molar-refractivity contribution in [1.82, 2.24) is 0 Å². The van der Waals surface area contributed by atoms with E-state index in [9.17, 15) is 0 Å². The van der Waals surface area contributed by atoms with Crippen molar-refractivity contribution < 1.29 is 34.3 Å². The maximum Gasteiger partial charge on any atom is 0.466 e. The fourth-order valence-electron chi connectivity index (χ4n) is 0. The molecule has 0 radical (unpaired) electrons. The number of nitrogens with two attached hydrogens (primary N) is 2. The third-order valence-electron chi connectivity index (χ3n) is 0.264. The highest BCUT2D eigenvalue weighted by atomic mass is 31.2. The molecule has 0 aliphatic heterocycles. The zero-order valence-corrected chi connectivity index (χ0v) is 8.33. The first-order valence-corrected chi connectivity index (χ1v) is 4.69. The Morgan fingerprint density at radius 3 is 1.43 bits per heavy atom. The van der Waals surface area contributed by atoms with Gasteiger partial charge in [0, 0.05) is 0 Å². The molecule has 2 amide bonds. The molecule has 0 aliphatic rings. The molecule has 0 aromatic heterocycles. The van der Waals surface area contributed by atoms with Crippen LogP contribution in [0.15, 0.2) is 0 Å². The van der Waals surface area contributed by atoms with E-state index in [0.29, 0.717) is 0 Å². The minimum Gasteiger partial charge on any atom is -0.394 e. The van der Waals surface area contributed by atoms with Crippen LogP contribution in [0.5, 0.6) is 0 Å². The summed E-state index contributed by atoms with van der Waals surface area (Å²) in [5.41, 5.74) is 8.50. The Morgan fingerprint density at radius 1 is 1.36 bits per heavy atom. The molecule has 10 heteroatoms. The summed E-state index contributed by atoms with van der Waals surface area (Å²) in [6.07, 6.45) is -0.560. The lowest BCUT2D eigenvalue weighted by atomic mass is 10.5. The summed E-state index contributed by atoms with van der Waals surface area (Å²) in [6, 6.07) is -0.833. The number of carbonyl (C=O) groups excluding carboxylic acids is 1. The number of hydrogen-bond donors (Lipinski definition) is 7. The van der Waals surface area contributed by atoms with Crippen molar-refractivity contribution in [1.29, 1.82) is 0 Å². The average molecular weight is 234 g/mol. The van der Waals surface area contributed by atoms with Crippen LogP contribution < -0.4 is 11.5 Å². The van der Waals surface area contributed by atoms with E-state index in [1.807, 2.05) is 0 Å². The minimum absolute atomic E-state index is 0.139. The SMILES string of the molecule is CC(O)CO.NC(N)=O.O=P(O)(O)O. The first-order valence-electron chi connectivity index (χ1n) is 3.12. The Hall–Kier alpha value is -0.700. The second-order valence-electron chi connectivity index (χ2n) is 1.95. The maximum atomic E-state index is 9.00. The van der Waals surface area contributed by atoms with Gasteiger partial charge in [0.05, 0.1) is 12.7 Å². The summed E-state index contributed by atoms with van der Waals surface area (Å²) in [5.74, 6) is 0. The van der Waals surface area contributed by atoms with E-state index in [4.69, 9.17) is 34.3 Å². The molecule has 0 saturated heterocycles. The van der Waals surface area contributed by atoms with Crippen molar-refractivity contribution in [3.05, 3.63) is 0 Å². The van der Waals surface area contributed by atoms with Gasteiger partial charge in [0.15, 0.2) is 0 Å². The number of carbonyl (C=O) groups is 1. The zero-order chi connectivity index (χ0) is 12.4. The summed E-state index contributed by atoms with van der Waals surface area (Å²) in [5, 5.41) is 16.0. The molecule has 1 atom stereocenters. The Bertz CT molecular complexity index is 166. The fourth-order valence-corrected chi connectivity index (χ4v) is 0. The normalized spacial score (nSPS) is 11.3. The van der Waals surface area contributed by atoms with Crippen LogP contribution in [-0.2, 0) is 4.57 Å². The summed E-state index contributed by atoms with van der Waals surface area (Å²) in [6.45, 7) is 1.39. The Labute approximate surface area is 80.2 Å². The van der Waals surface area contributed by atoms with E-state index >= 15 is 0 Å². The fraction of sp³-hybridized carbons (Fsp3) is 0.750. The third-order valence-corrected chi connectivity index (χ3v) is 0.264. The molecule has 0 heterocycles. The molecule has 1 unspecified atom stereocenters. The number of aliphatic hydroxyl groups is 2. The molecular weight excluding hydrogens is 219 g/mol. The second kappa shape index (κ2) is 10.4. The number of phosphoric acid groups is 1. The highest BCUT2D eigenvalue weighted by Gasteiger charge is 2.00. The van der Waals surface area contributed by atoms with Crippen molar-refractivity contribution in [2.75, 3.05) is 6.61 Å². The third kappa shape index (κ3) is 709. The van der Waals surface area contributed by atoms with Gasteiger partial charge in [0.1, 0.15) is 0 Å². The van der Waals surface area contributed by atoms with Gasteiger partial charge in [-0.15, -0.1) is 0 Å². The molecular formula is C4H15N2O7P. The van der Waals surface area contributed by atoms with Crippen LogP contribution in [0.25, 0.3) is 0 Å². The molecule has 9 nitrogen and oxygen atoms in total. The van der Waals surface area contributed by atoms with Crippen molar-refractivity contribution in [3.8, 4) is 0 Å². The molecule has 0 bridgehead atoms. The van der Waals surface area contributed by atoms with Crippen molar-refractivity contribution in [2.45, 2.75) is 13.0 Å². The van der Waals surface area contributed by atoms with Crippen LogP contribution in [0, 0.1) is 0 Å². The summed E-state index contributed by atoms with van der Waals surface area (Å²) in [7, 11) is -4.64. The average Bonchev–Trinajstić information content (AvgIpc) is 1.82. The Kier molecular flexibility index (Phi) is 14.1. The lowest BCUT2D eigenvalue weighted by Crippen LogP contribution is -2.18. The summed E-state index contributed by atoms with van der Waals surface area (Å²) < 4.78 is 8.88. The number of primary amides is 2. The molecule has 0 aromatic rings. The molecule has 88 valence electrons. The van der Waals surface area contributed by atoms with Gasteiger partial charge in [-0.3, -0.25) is 0 Å². The quantitative estimate of drug-likeness (QED) is 0.243. The molecule has 0 aromatic carbocycles. The summed E-state index contributed by atoms with van der Waals surface area (Å²) >= 11 is 0. The Morgan fingerprint density at radius 2 is 1.43 bits per heavy atom. The topological polar surface area (TPSA) is 187 Å². The van der Waals surface area contributed by atoms with Crippen LogP contribution in [0.3, 0.4) is 0 Å². The lowest BCUT2D eigenvalue weighted by molar-refractivity contribution is 0.110. The van der Waals surface area contributed by atoms with Crippen LogP contribution in [0.2, 0.25) is 0 Å². The molecule has 0 fully saturated rings. The molecule has 9 N–H and O–H groups in total. The molecule has 0 saturated carbocycles. The molecule has 0 rings (SSSR count). The van der Waals surface area contributed by atoms with E-state index in [-0.39, 0.29) is 6.61 Å². The second-order valence-corrected chi connectivity index (χ2v) is 2.97. The summed E-state index contributed by atoms with van der Waals surface area (Å²) in [4.78, 5) is 30.6. The standard InChI is InChI=1S/C3H8O2.CH4N2O.H3O4P/c1-3(5)2-4;2-1(3)4;1-5(2,3)4/h3-5H,2H2,1H3;(H4,2,3,4);(H3,1,2,3,4). The highest BCUT2D eigenvalue weighted by Crippen LogP contribution is 2.25. The van der Waals surface area contributed by atoms with E-state index in [1.54, 1.807) is 0 Å². The lowest BCUT2D eigenvalue weighted by Gasteiger charge is -1.90. The van der Waals surface area contributed by atoms with E-state index in [2.05, 4.69) is 11.5 Å². The van der Waals surface area contributed by atoms with Gasteiger partial charge >= 0.3 is 13.9 Å². The van der Waals surface area contributed by atoms with Gasteiger partial charge in [0.25, 0.3) is 0 Å². The van der Waals surface area contributed by atoms with Crippen LogP contribution >= 0.6 is 7.82 Å². The van der Waals surface area contributed by atoms with Crippen molar-refractivity contribution >= 4 is 13.9 Å². The number of hydrogen-bond acceptors (Lipinski definition) is 4. The monoisotopic (exact) mass is 234 g/mol. The van der Waals surface area contributed by atoms with Gasteiger partial charge in [0.2, 0.25) is 0 Å². The number of aliphatic hydroxyl groups excluding tert-OH is 2. The molecule has 0 spiro atoms. The smallest absolute Gasteiger partial charge is 0.394 e. The first kappa shape index (κ1) is 19.0. The number of amides is 2. The Balaban J connectivity index is -0.000000131. The predicted octanol–water partition coefficient (Wildman–Crippen LogP) is -2.55. The number of urea groups is 1. The number of rotatable bonds is 1. The highest BCUT2D eigenvalue weighted by molar-refractivity contribution is 7.45. The van der Waals surface area contributed by atoms with E-state index in [0.717, 1.165) is 0 Å². The van der Waals surface area contributed by atoms with Crippen LogP contribution in [-0.4, -0.2) is 43.6 Å². The van der Waals surface area contributed by atoms with Gasteiger partial charge in [-0.1, -0.05) is 0 Å². The first-order chi connectivity index (χ1) is 6.00. The van der Waals surface area contributed by atoms with Crippen molar-refractivity contribution in [2.24, 2.45) is 11.5 Å². The van der Waals surface area contributed by atoms with Gasteiger partial charge in [-0.05, 0) is 6.92 Å². The van der Waals surface area contributed by atoms with Gasteiger partial charge < -0.3 is 36.4 Å². The largest absolute Gasteiger partial charge is 0.466 e. The van der Waals surface area contributed by atoms with Gasteiger partial charge in [-0.2, -0.15) is 0 Å². The van der Waals surface area contributed by atoms with Crippen LogP contribution in [0.1, 0.15) is 6.92 Å². The minimum atomic E-state index is -4.64.